The van der Waals surface area contributed by atoms with E-state index in [2.05, 4.69) is 38.5 Å². The quantitative estimate of drug-likeness (QED) is 0.664. The van der Waals surface area contributed by atoms with Gasteiger partial charge in [0.1, 0.15) is 0 Å². The fourth-order valence-corrected chi connectivity index (χ4v) is 1.09. The highest BCUT2D eigenvalue weighted by molar-refractivity contribution is 4.94. The summed E-state index contributed by atoms with van der Waals surface area (Å²) in [4.78, 5) is 2.12. The smallest absolute Gasteiger partial charge is 0.0596 e. The van der Waals surface area contributed by atoms with E-state index in [-0.39, 0.29) is 11.0 Å². The molecule has 0 heterocycles. The van der Waals surface area contributed by atoms with E-state index in [0.29, 0.717) is 6.54 Å². The van der Waals surface area contributed by atoms with Crippen LogP contribution in [0.4, 0.5) is 0 Å². The van der Waals surface area contributed by atoms with Gasteiger partial charge in [-0.05, 0) is 26.3 Å². The molecule has 2 N–H and O–H groups in total. The lowest BCUT2D eigenvalue weighted by Crippen LogP contribution is -2.52. The van der Waals surface area contributed by atoms with Gasteiger partial charge in [0.25, 0.3) is 0 Å². The molecule has 0 amide bonds. The summed E-state index contributed by atoms with van der Waals surface area (Å²) in [7, 11) is 2.02. The SMILES string of the molecule is C#CCN(C)CC(C)(C)C(C)(C)N. The first kappa shape index (κ1) is 12.5. The Bertz CT molecular complexity index is 193. The van der Waals surface area contributed by atoms with Crippen molar-refractivity contribution in [3.63, 3.8) is 0 Å². The lowest BCUT2D eigenvalue weighted by Gasteiger charge is -2.40. The topological polar surface area (TPSA) is 29.3 Å². The van der Waals surface area contributed by atoms with Gasteiger partial charge in [-0.3, -0.25) is 4.90 Å². The predicted molar refractivity (Wildman–Crippen MR) is 58.4 cm³/mol. The largest absolute Gasteiger partial charge is 0.325 e. The van der Waals surface area contributed by atoms with Crippen LogP contribution in [0.25, 0.3) is 0 Å². The molecule has 13 heavy (non-hydrogen) atoms. The van der Waals surface area contributed by atoms with Crippen LogP contribution in [0.15, 0.2) is 0 Å². The Morgan fingerprint density at radius 2 is 1.77 bits per heavy atom. The van der Waals surface area contributed by atoms with Gasteiger partial charge < -0.3 is 5.73 Å². The zero-order valence-electron chi connectivity index (χ0n) is 9.52. The molecule has 76 valence electrons. The van der Waals surface area contributed by atoms with Crippen LogP contribution in [0.5, 0.6) is 0 Å². The highest BCUT2D eigenvalue weighted by Gasteiger charge is 2.33. The minimum absolute atomic E-state index is 0.0681. The molecule has 0 aromatic rings. The number of hydrogen-bond acceptors (Lipinski definition) is 2. The van der Waals surface area contributed by atoms with Crippen molar-refractivity contribution in [2.75, 3.05) is 20.1 Å². The monoisotopic (exact) mass is 182 g/mol. The molecule has 0 aliphatic rings. The molecule has 0 unspecified atom stereocenters. The second-order valence-electron chi connectivity index (χ2n) is 4.98. The Balaban J connectivity index is 4.27. The van der Waals surface area contributed by atoms with Crippen LogP contribution in [-0.2, 0) is 0 Å². The normalized spacial score (nSPS) is 13.1. The Morgan fingerprint density at radius 1 is 1.31 bits per heavy atom. The third-order valence-electron chi connectivity index (χ3n) is 2.77. The highest BCUT2D eigenvalue weighted by atomic mass is 15.1. The minimum atomic E-state index is -0.185. The van der Waals surface area contributed by atoms with Crippen molar-refractivity contribution < 1.29 is 0 Å². The molecule has 0 rings (SSSR count). The molecular formula is C11H22N2. The van der Waals surface area contributed by atoms with Gasteiger partial charge >= 0.3 is 0 Å². The summed E-state index contributed by atoms with van der Waals surface area (Å²) < 4.78 is 0. The fourth-order valence-electron chi connectivity index (χ4n) is 1.09. The summed E-state index contributed by atoms with van der Waals surface area (Å²) >= 11 is 0. The first-order chi connectivity index (χ1) is 5.70. The van der Waals surface area contributed by atoms with E-state index >= 15 is 0 Å². The molecule has 0 saturated carbocycles. The maximum atomic E-state index is 6.08. The van der Waals surface area contributed by atoms with Crippen molar-refractivity contribution in [1.29, 1.82) is 0 Å². The van der Waals surface area contributed by atoms with E-state index < -0.39 is 0 Å². The average Bonchev–Trinajstić information content (AvgIpc) is 1.83. The van der Waals surface area contributed by atoms with E-state index in [9.17, 15) is 0 Å². The number of nitrogens with two attached hydrogens (primary N) is 1. The van der Waals surface area contributed by atoms with Crippen molar-refractivity contribution >= 4 is 0 Å². The second kappa shape index (κ2) is 4.13. The van der Waals surface area contributed by atoms with Gasteiger partial charge in [0, 0.05) is 12.1 Å². The molecule has 0 aliphatic carbocycles. The first-order valence-corrected chi connectivity index (χ1v) is 4.61. The standard InChI is InChI=1S/C11H22N2/c1-7-8-13(6)9-10(2,3)11(4,5)12/h1H,8-9,12H2,2-6H3. The Kier molecular flexibility index (Phi) is 3.96. The molecular weight excluding hydrogens is 160 g/mol. The molecule has 0 spiro atoms. The minimum Gasteiger partial charge on any atom is -0.325 e. The van der Waals surface area contributed by atoms with Crippen molar-refractivity contribution in [3.8, 4) is 12.3 Å². The van der Waals surface area contributed by atoms with Crippen molar-refractivity contribution in [1.82, 2.24) is 4.90 Å². The number of nitrogens with zero attached hydrogens (tertiary/aromatic N) is 1. The molecule has 0 bridgehead atoms. The molecule has 0 saturated heterocycles. The summed E-state index contributed by atoms with van der Waals surface area (Å²) in [5, 5.41) is 0. The number of rotatable bonds is 4. The van der Waals surface area contributed by atoms with Gasteiger partial charge in [0.2, 0.25) is 0 Å². The van der Waals surface area contributed by atoms with Gasteiger partial charge in [0.05, 0.1) is 6.54 Å². The van der Waals surface area contributed by atoms with Gasteiger partial charge in [-0.25, -0.2) is 0 Å². The van der Waals surface area contributed by atoms with Gasteiger partial charge in [-0.15, -0.1) is 6.42 Å². The summed E-state index contributed by atoms with van der Waals surface area (Å²) in [6, 6.07) is 0. The molecule has 0 fully saturated rings. The maximum absolute atomic E-state index is 6.08. The van der Waals surface area contributed by atoms with Gasteiger partial charge in [-0.1, -0.05) is 19.8 Å². The molecule has 2 nitrogen and oxygen atoms in total. The maximum Gasteiger partial charge on any atom is 0.0596 e. The van der Waals surface area contributed by atoms with Crippen LogP contribution in [0.1, 0.15) is 27.7 Å². The van der Waals surface area contributed by atoms with Crippen molar-refractivity contribution in [2.24, 2.45) is 11.1 Å². The molecule has 0 aromatic heterocycles. The molecule has 0 radical (unpaired) electrons. The van der Waals surface area contributed by atoms with Gasteiger partial charge in [-0.2, -0.15) is 0 Å². The fraction of sp³-hybridized carbons (Fsp3) is 0.818. The average molecular weight is 182 g/mol. The third kappa shape index (κ3) is 3.80. The van der Waals surface area contributed by atoms with E-state index in [1.54, 1.807) is 0 Å². The molecule has 0 aromatic carbocycles. The van der Waals surface area contributed by atoms with Crippen LogP contribution in [0.2, 0.25) is 0 Å². The van der Waals surface area contributed by atoms with Crippen molar-refractivity contribution in [3.05, 3.63) is 0 Å². The highest BCUT2D eigenvalue weighted by Crippen LogP contribution is 2.28. The second-order valence-corrected chi connectivity index (χ2v) is 4.98. The predicted octanol–water partition coefficient (Wildman–Crippen LogP) is 1.31. The summed E-state index contributed by atoms with van der Waals surface area (Å²) in [6.07, 6.45) is 5.23. The Hall–Kier alpha value is -0.520. The third-order valence-corrected chi connectivity index (χ3v) is 2.77. The van der Waals surface area contributed by atoms with Crippen LogP contribution < -0.4 is 5.73 Å². The van der Waals surface area contributed by atoms with Crippen molar-refractivity contribution in [2.45, 2.75) is 33.2 Å². The summed E-state index contributed by atoms with van der Waals surface area (Å²) in [6.45, 7) is 10.0. The summed E-state index contributed by atoms with van der Waals surface area (Å²) in [5.74, 6) is 2.63. The summed E-state index contributed by atoms with van der Waals surface area (Å²) in [5.41, 5.74) is 5.96. The lowest BCUT2D eigenvalue weighted by atomic mass is 9.75. The number of terminal acetylenes is 1. The first-order valence-electron chi connectivity index (χ1n) is 4.61. The van der Waals surface area contributed by atoms with E-state index in [1.165, 1.54) is 0 Å². The van der Waals surface area contributed by atoms with Crippen LogP contribution in [0.3, 0.4) is 0 Å². The molecule has 2 heteroatoms. The zero-order chi connectivity index (χ0) is 10.7. The van der Waals surface area contributed by atoms with E-state index in [0.717, 1.165) is 6.54 Å². The molecule has 0 atom stereocenters. The molecule has 0 aliphatic heterocycles. The zero-order valence-corrected chi connectivity index (χ0v) is 9.52. The van der Waals surface area contributed by atoms with E-state index in [4.69, 9.17) is 12.2 Å². The van der Waals surface area contributed by atoms with Crippen LogP contribution >= 0.6 is 0 Å². The number of hydrogen-bond donors (Lipinski definition) is 1. The van der Waals surface area contributed by atoms with Crippen LogP contribution in [-0.4, -0.2) is 30.6 Å². The van der Waals surface area contributed by atoms with Gasteiger partial charge in [0.15, 0.2) is 0 Å². The Morgan fingerprint density at radius 3 is 2.08 bits per heavy atom. The lowest BCUT2D eigenvalue weighted by molar-refractivity contribution is 0.138. The van der Waals surface area contributed by atoms with Crippen LogP contribution in [0, 0.1) is 17.8 Å². The Labute approximate surface area is 82.5 Å². The van der Waals surface area contributed by atoms with E-state index in [1.807, 2.05) is 7.05 Å².